The fourth-order valence-electron chi connectivity index (χ4n) is 3.49. The van der Waals surface area contributed by atoms with Gasteiger partial charge in [-0.2, -0.15) is 0 Å². The molecule has 0 heterocycles. The van der Waals surface area contributed by atoms with Crippen LogP contribution >= 0.6 is 0 Å². The molecule has 0 aliphatic heterocycles. The quantitative estimate of drug-likeness (QED) is 0.330. The molecule has 4 atom stereocenters. The Labute approximate surface area is 172 Å². The van der Waals surface area contributed by atoms with Gasteiger partial charge < -0.3 is 13.0 Å². The summed E-state index contributed by atoms with van der Waals surface area (Å²) in [5, 5.41) is 0. The van der Waals surface area contributed by atoms with Crippen molar-refractivity contribution in [2.45, 2.75) is 81.3 Å². The Morgan fingerprint density at radius 3 is 1.26 bits per heavy atom. The van der Waals surface area contributed by atoms with Crippen molar-refractivity contribution >= 4 is 17.1 Å². The second-order valence-electron chi connectivity index (χ2n) is 10.9. The highest BCUT2D eigenvalue weighted by Gasteiger charge is 2.40. The van der Waals surface area contributed by atoms with Crippen LogP contribution in [0.5, 0.6) is 0 Å². The minimum Gasteiger partial charge on any atom is -0.409 e. The number of hydrogen-bond acceptors (Lipinski definition) is 3. The van der Waals surface area contributed by atoms with Crippen LogP contribution in [0.15, 0.2) is 24.6 Å². The summed E-state index contributed by atoms with van der Waals surface area (Å²) in [6.45, 7) is 31.5. The van der Waals surface area contributed by atoms with E-state index in [0.29, 0.717) is 35.9 Å². The summed E-state index contributed by atoms with van der Waals surface area (Å²) >= 11 is 0. The van der Waals surface area contributed by atoms with Crippen LogP contribution in [-0.2, 0) is 13.0 Å². The summed E-state index contributed by atoms with van der Waals surface area (Å²) < 4.78 is 19.0. The molecule has 0 aromatic heterocycles. The summed E-state index contributed by atoms with van der Waals surface area (Å²) in [5.74, 6) is 0.953. The van der Waals surface area contributed by atoms with Crippen LogP contribution in [0.4, 0.5) is 0 Å². The van der Waals surface area contributed by atoms with Gasteiger partial charge in [0.1, 0.15) is 0 Å². The van der Waals surface area contributed by atoms with Crippen molar-refractivity contribution in [2.24, 2.45) is 22.7 Å². The van der Waals surface area contributed by atoms with Gasteiger partial charge in [-0.15, -0.1) is 13.2 Å². The molecule has 0 bridgehead atoms. The molecule has 0 amide bonds. The van der Waals surface area contributed by atoms with Gasteiger partial charge in [-0.3, -0.25) is 0 Å². The fraction of sp³-hybridized carbons (Fsp3) is 0.818. The SMILES string of the molecule is C=C[Si](C)(OCC(C)CC(C)(C)C)O[Si](C)(C=C)OCC(C)CC(C)(C)C. The Morgan fingerprint density at radius 2 is 1.04 bits per heavy atom. The van der Waals surface area contributed by atoms with Crippen molar-refractivity contribution in [3.63, 3.8) is 0 Å². The van der Waals surface area contributed by atoms with E-state index < -0.39 is 17.1 Å². The van der Waals surface area contributed by atoms with Crippen LogP contribution in [0, 0.1) is 22.7 Å². The van der Waals surface area contributed by atoms with Gasteiger partial charge in [-0.25, -0.2) is 0 Å². The van der Waals surface area contributed by atoms with E-state index >= 15 is 0 Å². The zero-order chi connectivity index (χ0) is 21.5. The smallest absolute Gasteiger partial charge is 0.352 e. The van der Waals surface area contributed by atoms with E-state index in [9.17, 15) is 0 Å². The molecule has 0 aliphatic carbocycles. The van der Waals surface area contributed by atoms with E-state index in [1.165, 1.54) is 0 Å². The summed E-state index contributed by atoms with van der Waals surface area (Å²) in [6, 6.07) is 0. The summed E-state index contributed by atoms with van der Waals surface area (Å²) in [4.78, 5) is 0. The predicted octanol–water partition coefficient (Wildman–Crippen LogP) is 6.78. The molecule has 0 N–H and O–H groups in total. The Hall–Kier alpha value is -0.206. The van der Waals surface area contributed by atoms with E-state index in [0.717, 1.165) is 12.8 Å². The summed E-state index contributed by atoms with van der Waals surface area (Å²) in [6.07, 6.45) is 2.23. The van der Waals surface area contributed by atoms with Crippen LogP contribution in [-0.4, -0.2) is 30.3 Å². The maximum atomic E-state index is 6.48. The highest BCUT2D eigenvalue weighted by molar-refractivity contribution is 6.84. The first-order valence-electron chi connectivity index (χ1n) is 10.3. The third-order valence-corrected chi connectivity index (χ3v) is 10.6. The lowest BCUT2D eigenvalue weighted by Crippen LogP contribution is -2.51. The fourth-order valence-corrected chi connectivity index (χ4v) is 9.31. The first-order chi connectivity index (χ1) is 12.0. The molecule has 0 aliphatic rings. The number of hydrogen-bond donors (Lipinski definition) is 0. The van der Waals surface area contributed by atoms with E-state index in [1.54, 1.807) is 0 Å². The lowest BCUT2D eigenvalue weighted by Gasteiger charge is -2.35. The molecule has 5 heteroatoms. The molecule has 0 saturated heterocycles. The lowest BCUT2D eigenvalue weighted by molar-refractivity contribution is 0.147. The average molecular weight is 415 g/mol. The van der Waals surface area contributed by atoms with Crippen molar-refractivity contribution in [1.29, 1.82) is 0 Å². The topological polar surface area (TPSA) is 27.7 Å². The minimum atomic E-state index is -2.51. The second-order valence-corrected chi connectivity index (χ2v) is 17.2. The largest absolute Gasteiger partial charge is 0.409 e. The van der Waals surface area contributed by atoms with Crippen molar-refractivity contribution in [1.82, 2.24) is 0 Å². The lowest BCUT2D eigenvalue weighted by atomic mass is 9.86. The van der Waals surface area contributed by atoms with Crippen LogP contribution in [0.2, 0.25) is 13.1 Å². The van der Waals surface area contributed by atoms with E-state index in [1.807, 2.05) is 11.4 Å². The standard InChI is InChI=1S/C22H46O3Si2/c1-13-26(11,23-17-19(3)15-21(5,6)7)25-27(12,14-2)24-18-20(4)16-22(8,9)10/h13-14,19-20H,1-2,15-18H2,3-12H3. The van der Waals surface area contributed by atoms with Crippen LogP contribution in [0.3, 0.4) is 0 Å². The summed E-state index contributed by atoms with van der Waals surface area (Å²) in [7, 11) is -5.01. The zero-order valence-corrected chi connectivity index (χ0v) is 21.8. The van der Waals surface area contributed by atoms with Gasteiger partial charge in [-0.1, -0.05) is 66.8 Å². The van der Waals surface area contributed by atoms with E-state index in [-0.39, 0.29) is 0 Å². The molecule has 0 saturated carbocycles. The number of rotatable bonds is 12. The van der Waals surface area contributed by atoms with Crippen molar-refractivity contribution < 1.29 is 13.0 Å². The summed E-state index contributed by atoms with van der Waals surface area (Å²) in [5.41, 5.74) is 4.33. The van der Waals surface area contributed by atoms with Gasteiger partial charge in [0.25, 0.3) is 0 Å². The van der Waals surface area contributed by atoms with Gasteiger partial charge in [0, 0.05) is 13.2 Å². The molecule has 0 spiro atoms. The van der Waals surface area contributed by atoms with Crippen LogP contribution in [0.25, 0.3) is 0 Å². The monoisotopic (exact) mass is 414 g/mol. The van der Waals surface area contributed by atoms with Crippen molar-refractivity contribution in [2.75, 3.05) is 13.2 Å². The van der Waals surface area contributed by atoms with E-state index in [2.05, 4.69) is 81.6 Å². The zero-order valence-electron chi connectivity index (χ0n) is 19.8. The highest BCUT2D eigenvalue weighted by Crippen LogP contribution is 2.28. The Bertz CT molecular complexity index is 425. The third kappa shape index (κ3) is 12.8. The molecule has 0 rings (SSSR count). The molecule has 4 unspecified atom stereocenters. The van der Waals surface area contributed by atoms with Gasteiger partial charge in [0.2, 0.25) is 0 Å². The second kappa shape index (κ2) is 10.5. The Kier molecular flexibility index (Phi) is 10.5. The molecule has 0 aromatic carbocycles. The van der Waals surface area contributed by atoms with Gasteiger partial charge in [-0.05, 0) is 48.6 Å². The van der Waals surface area contributed by atoms with Crippen molar-refractivity contribution in [3.05, 3.63) is 24.6 Å². The van der Waals surface area contributed by atoms with Gasteiger partial charge in [0.05, 0.1) is 0 Å². The molecule has 27 heavy (non-hydrogen) atoms. The molecule has 3 nitrogen and oxygen atoms in total. The first kappa shape index (κ1) is 26.8. The maximum Gasteiger partial charge on any atom is 0.352 e. The first-order valence-corrected chi connectivity index (χ1v) is 15.1. The van der Waals surface area contributed by atoms with Crippen LogP contribution in [0.1, 0.15) is 68.2 Å². The predicted molar refractivity (Wildman–Crippen MR) is 123 cm³/mol. The minimum absolute atomic E-state index is 0.298. The van der Waals surface area contributed by atoms with Crippen molar-refractivity contribution in [3.8, 4) is 0 Å². The molecule has 0 fully saturated rings. The maximum absolute atomic E-state index is 6.48. The van der Waals surface area contributed by atoms with Crippen LogP contribution < -0.4 is 0 Å². The molecule has 0 radical (unpaired) electrons. The molecular formula is C22H46O3Si2. The van der Waals surface area contributed by atoms with Gasteiger partial charge >= 0.3 is 17.1 Å². The van der Waals surface area contributed by atoms with E-state index in [4.69, 9.17) is 13.0 Å². The molecule has 160 valence electrons. The Morgan fingerprint density at radius 1 is 0.741 bits per heavy atom. The molecular weight excluding hydrogens is 368 g/mol. The normalized spacial score (nSPS) is 19.6. The van der Waals surface area contributed by atoms with Gasteiger partial charge in [0.15, 0.2) is 0 Å². The Balaban J connectivity index is 4.83. The average Bonchev–Trinajstić information content (AvgIpc) is 2.48. The third-order valence-electron chi connectivity index (χ3n) is 4.38. The molecule has 0 aromatic rings. The highest BCUT2D eigenvalue weighted by atomic mass is 28.5.